The quantitative estimate of drug-likeness (QED) is 0.648. The Bertz CT molecular complexity index is 195. The summed E-state index contributed by atoms with van der Waals surface area (Å²) in [6, 6.07) is 0.215. The molecular formula is C12H27N3O. The molecule has 0 saturated carbocycles. The lowest BCUT2D eigenvalue weighted by molar-refractivity contribution is -0.122. The third kappa shape index (κ3) is 8.68. The van der Waals surface area contributed by atoms with Gasteiger partial charge in [0.2, 0.25) is 5.91 Å². The average molecular weight is 229 g/mol. The normalized spacial score (nSPS) is 14.9. The second-order valence-corrected chi connectivity index (χ2v) is 4.95. The van der Waals surface area contributed by atoms with Gasteiger partial charge in [-0.05, 0) is 46.3 Å². The van der Waals surface area contributed by atoms with Gasteiger partial charge >= 0.3 is 0 Å². The first kappa shape index (κ1) is 15.4. The molecule has 0 heterocycles. The van der Waals surface area contributed by atoms with Crippen LogP contribution >= 0.6 is 0 Å². The van der Waals surface area contributed by atoms with E-state index in [1.165, 1.54) is 0 Å². The SMILES string of the molecule is CC(CCN)CCC(=O)NC(C)CN(C)C. The molecule has 0 aliphatic carbocycles. The van der Waals surface area contributed by atoms with Crippen LogP contribution in [0, 0.1) is 5.92 Å². The second-order valence-electron chi connectivity index (χ2n) is 4.95. The van der Waals surface area contributed by atoms with E-state index in [1.54, 1.807) is 0 Å². The minimum absolute atomic E-state index is 0.151. The van der Waals surface area contributed by atoms with Crippen LogP contribution in [0.3, 0.4) is 0 Å². The Labute approximate surface area is 99.6 Å². The number of carbonyl (C=O) groups is 1. The van der Waals surface area contributed by atoms with Crippen LogP contribution in [0.2, 0.25) is 0 Å². The zero-order chi connectivity index (χ0) is 12.6. The summed E-state index contributed by atoms with van der Waals surface area (Å²) in [5.74, 6) is 0.693. The average Bonchev–Trinajstić information content (AvgIpc) is 2.13. The van der Waals surface area contributed by atoms with Gasteiger partial charge < -0.3 is 16.0 Å². The number of rotatable bonds is 8. The topological polar surface area (TPSA) is 58.4 Å². The molecule has 0 saturated heterocycles. The molecule has 96 valence electrons. The lowest BCUT2D eigenvalue weighted by atomic mass is 10.0. The summed E-state index contributed by atoms with van der Waals surface area (Å²) in [6.45, 7) is 5.76. The molecule has 0 aliphatic heterocycles. The Morgan fingerprint density at radius 2 is 1.94 bits per heavy atom. The molecule has 4 heteroatoms. The molecule has 0 aromatic rings. The Hall–Kier alpha value is -0.610. The van der Waals surface area contributed by atoms with Gasteiger partial charge in [0.1, 0.15) is 0 Å². The van der Waals surface area contributed by atoms with Crippen LogP contribution in [-0.2, 0) is 4.79 Å². The summed E-state index contributed by atoms with van der Waals surface area (Å²) < 4.78 is 0. The molecule has 16 heavy (non-hydrogen) atoms. The van der Waals surface area contributed by atoms with Gasteiger partial charge in [0, 0.05) is 19.0 Å². The van der Waals surface area contributed by atoms with E-state index in [0.717, 1.165) is 19.4 Å². The van der Waals surface area contributed by atoms with Crippen LogP contribution < -0.4 is 11.1 Å². The predicted octanol–water partition coefficient (Wildman–Crippen LogP) is 0.818. The van der Waals surface area contributed by atoms with E-state index in [4.69, 9.17) is 5.73 Å². The minimum atomic E-state index is 0.151. The Morgan fingerprint density at radius 1 is 1.31 bits per heavy atom. The number of likely N-dealkylation sites (N-methyl/N-ethyl adjacent to an activating group) is 1. The number of carbonyl (C=O) groups excluding carboxylic acids is 1. The van der Waals surface area contributed by atoms with Crippen molar-refractivity contribution in [2.75, 3.05) is 27.2 Å². The predicted molar refractivity (Wildman–Crippen MR) is 68.2 cm³/mol. The third-order valence-corrected chi connectivity index (χ3v) is 2.57. The molecule has 3 N–H and O–H groups in total. The highest BCUT2D eigenvalue weighted by molar-refractivity contribution is 5.76. The molecule has 1 amide bonds. The van der Waals surface area contributed by atoms with Gasteiger partial charge in [-0.3, -0.25) is 4.79 Å². The highest BCUT2D eigenvalue weighted by atomic mass is 16.1. The summed E-state index contributed by atoms with van der Waals surface area (Å²) in [5.41, 5.74) is 5.47. The van der Waals surface area contributed by atoms with Crippen LogP contribution in [0.5, 0.6) is 0 Å². The Kier molecular flexibility index (Phi) is 8.21. The Balaban J connectivity index is 3.65. The number of hydrogen-bond donors (Lipinski definition) is 2. The van der Waals surface area contributed by atoms with Crippen molar-refractivity contribution in [2.24, 2.45) is 11.7 Å². The van der Waals surface area contributed by atoms with Crippen LogP contribution in [0.15, 0.2) is 0 Å². The summed E-state index contributed by atoms with van der Waals surface area (Å²) in [5, 5.41) is 3.00. The highest BCUT2D eigenvalue weighted by Gasteiger charge is 2.09. The van der Waals surface area contributed by atoms with Crippen molar-refractivity contribution < 1.29 is 4.79 Å². The molecule has 0 spiro atoms. The molecule has 0 aliphatic rings. The first-order valence-corrected chi connectivity index (χ1v) is 6.09. The maximum Gasteiger partial charge on any atom is 0.220 e. The van der Waals surface area contributed by atoms with E-state index in [9.17, 15) is 4.79 Å². The molecule has 0 bridgehead atoms. The van der Waals surface area contributed by atoms with Gasteiger partial charge in [-0.15, -0.1) is 0 Å². The summed E-state index contributed by atoms with van der Waals surface area (Å²) in [6.07, 6.45) is 2.54. The monoisotopic (exact) mass is 229 g/mol. The molecule has 2 atom stereocenters. The molecule has 4 nitrogen and oxygen atoms in total. The van der Waals surface area contributed by atoms with Crippen LogP contribution in [0.1, 0.15) is 33.1 Å². The largest absolute Gasteiger partial charge is 0.352 e. The van der Waals surface area contributed by atoms with Crippen molar-refractivity contribution in [1.29, 1.82) is 0 Å². The molecule has 0 aromatic heterocycles. The van der Waals surface area contributed by atoms with Gasteiger partial charge in [0.15, 0.2) is 0 Å². The van der Waals surface area contributed by atoms with E-state index in [1.807, 2.05) is 21.0 Å². The second kappa shape index (κ2) is 8.53. The van der Waals surface area contributed by atoms with Crippen molar-refractivity contribution >= 4 is 5.91 Å². The first-order chi connectivity index (χ1) is 7.45. The first-order valence-electron chi connectivity index (χ1n) is 6.09. The summed E-state index contributed by atoms with van der Waals surface area (Å²) >= 11 is 0. The summed E-state index contributed by atoms with van der Waals surface area (Å²) in [4.78, 5) is 13.7. The third-order valence-electron chi connectivity index (χ3n) is 2.57. The lowest BCUT2D eigenvalue weighted by Crippen LogP contribution is -2.39. The van der Waals surface area contributed by atoms with E-state index >= 15 is 0 Å². The van der Waals surface area contributed by atoms with Gasteiger partial charge in [0.05, 0.1) is 0 Å². The molecule has 2 unspecified atom stereocenters. The number of nitrogens with zero attached hydrogens (tertiary/aromatic N) is 1. The van der Waals surface area contributed by atoms with Gasteiger partial charge in [-0.1, -0.05) is 6.92 Å². The van der Waals surface area contributed by atoms with Crippen molar-refractivity contribution in [2.45, 2.75) is 39.2 Å². The van der Waals surface area contributed by atoms with Crippen molar-refractivity contribution in [3.63, 3.8) is 0 Å². The minimum Gasteiger partial charge on any atom is -0.352 e. The highest BCUT2D eigenvalue weighted by Crippen LogP contribution is 2.08. The molecule has 0 rings (SSSR count). The fraction of sp³-hybridized carbons (Fsp3) is 0.917. The van der Waals surface area contributed by atoms with Crippen LogP contribution in [-0.4, -0.2) is 44.0 Å². The molecule has 0 radical (unpaired) electrons. The smallest absolute Gasteiger partial charge is 0.220 e. The van der Waals surface area contributed by atoms with E-state index in [2.05, 4.69) is 17.1 Å². The maximum absolute atomic E-state index is 11.6. The molecule has 0 aromatic carbocycles. The molecule has 0 fully saturated rings. The van der Waals surface area contributed by atoms with Crippen molar-refractivity contribution in [3.05, 3.63) is 0 Å². The van der Waals surface area contributed by atoms with Gasteiger partial charge in [0.25, 0.3) is 0 Å². The van der Waals surface area contributed by atoms with Crippen molar-refractivity contribution in [1.82, 2.24) is 10.2 Å². The fourth-order valence-corrected chi connectivity index (χ4v) is 1.75. The van der Waals surface area contributed by atoms with Gasteiger partial charge in [-0.2, -0.15) is 0 Å². The van der Waals surface area contributed by atoms with Crippen LogP contribution in [0.25, 0.3) is 0 Å². The number of nitrogens with two attached hydrogens (primary N) is 1. The standard InChI is InChI=1S/C12H27N3O/c1-10(7-8-13)5-6-12(16)14-11(2)9-15(3)4/h10-11H,5-9,13H2,1-4H3,(H,14,16). The van der Waals surface area contributed by atoms with Gasteiger partial charge in [-0.25, -0.2) is 0 Å². The van der Waals surface area contributed by atoms with Crippen molar-refractivity contribution in [3.8, 4) is 0 Å². The van der Waals surface area contributed by atoms with E-state index < -0.39 is 0 Å². The summed E-state index contributed by atoms with van der Waals surface area (Å²) in [7, 11) is 4.01. The fourth-order valence-electron chi connectivity index (χ4n) is 1.75. The maximum atomic E-state index is 11.6. The number of amides is 1. The zero-order valence-electron chi connectivity index (χ0n) is 11.1. The Morgan fingerprint density at radius 3 is 2.44 bits per heavy atom. The number of nitrogens with one attached hydrogen (secondary N) is 1. The van der Waals surface area contributed by atoms with E-state index in [-0.39, 0.29) is 11.9 Å². The number of hydrogen-bond acceptors (Lipinski definition) is 3. The van der Waals surface area contributed by atoms with Crippen LogP contribution in [0.4, 0.5) is 0 Å². The lowest BCUT2D eigenvalue weighted by Gasteiger charge is -2.18. The zero-order valence-corrected chi connectivity index (χ0v) is 11.1. The molecular weight excluding hydrogens is 202 g/mol. The van der Waals surface area contributed by atoms with E-state index in [0.29, 0.717) is 18.9 Å².